The first kappa shape index (κ1) is 22.2. The van der Waals surface area contributed by atoms with Gasteiger partial charge < -0.3 is 24.5 Å². The Morgan fingerprint density at radius 2 is 2.00 bits per heavy atom. The number of hydrogen-bond donors (Lipinski definition) is 1. The van der Waals surface area contributed by atoms with Crippen molar-refractivity contribution >= 4 is 39.4 Å². The van der Waals surface area contributed by atoms with Gasteiger partial charge in [-0.05, 0) is 61.8 Å². The number of carbonyl (C=O) groups excluding carboxylic acids is 1. The van der Waals surface area contributed by atoms with Crippen LogP contribution in [0.3, 0.4) is 0 Å². The Morgan fingerprint density at radius 3 is 2.69 bits per heavy atom. The second kappa shape index (κ2) is 7.98. The number of ether oxygens (including phenoxy) is 1. The Labute approximate surface area is 214 Å². The van der Waals surface area contributed by atoms with Crippen molar-refractivity contribution in [2.45, 2.75) is 44.3 Å². The van der Waals surface area contributed by atoms with Gasteiger partial charge in [-0.2, -0.15) is 0 Å². The van der Waals surface area contributed by atoms with Crippen LogP contribution in [0.2, 0.25) is 5.02 Å². The minimum atomic E-state index is 0.0136. The SMILES string of the molecule is COc1cc(C(=O)N2C[C@H]3CC[C@@H]2[C@@H]3N)cc2nc(-c3cc4cccc(Cl)c4n3CC3CC3)n(C)c12. The van der Waals surface area contributed by atoms with E-state index in [1.807, 2.05) is 36.2 Å². The molecule has 2 aromatic carbocycles. The summed E-state index contributed by atoms with van der Waals surface area (Å²) in [5.74, 6) is 2.58. The van der Waals surface area contributed by atoms with Crippen LogP contribution in [0.1, 0.15) is 36.0 Å². The van der Waals surface area contributed by atoms with E-state index in [9.17, 15) is 4.79 Å². The molecule has 0 unspecified atom stereocenters. The molecule has 186 valence electrons. The molecule has 7 rings (SSSR count). The third-order valence-corrected chi connectivity index (χ3v) is 8.86. The normalized spacial score (nSPS) is 23.3. The van der Waals surface area contributed by atoms with Gasteiger partial charge in [0.25, 0.3) is 5.91 Å². The van der Waals surface area contributed by atoms with E-state index in [0.717, 1.165) is 64.4 Å². The van der Waals surface area contributed by atoms with Gasteiger partial charge in [-0.25, -0.2) is 4.98 Å². The van der Waals surface area contributed by atoms with Gasteiger partial charge in [0.15, 0.2) is 5.82 Å². The van der Waals surface area contributed by atoms with Crippen molar-refractivity contribution in [2.24, 2.45) is 24.6 Å². The highest BCUT2D eigenvalue weighted by Gasteiger charge is 2.47. The van der Waals surface area contributed by atoms with Crippen LogP contribution in [0.4, 0.5) is 0 Å². The zero-order valence-electron chi connectivity index (χ0n) is 20.6. The Hall–Kier alpha value is -3.03. The van der Waals surface area contributed by atoms with Gasteiger partial charge in [0.1, 0.15) is 11.3 Å². The summed E-state index contributed by atoms with van der Waals surface area (Å²) in [6, 6.07) is 12.2. The molecule has 4 aromatic rings. The average Bonchev–Trinajstić information content (AvgIpc) is 3.26. The van der Waals surface area contributed by atoms with E-state index in [0.29, 0.717) is 23.1 Å². The van der Waals surface area contributed by atoms with E-state index in [2.05, 4.69) is 21.3 Å². The molecule has 36 heavy (non-hydrogen) atoms. The van der Waals surface area contributed by atoms with Gasteiger partial charge in [-0.15, -0.1) is 0 Å². The van der Waals surface area contributed by atoms with Crippen LogP contribution >= 0.6 is 11.6 Å². The molecule has 3 fully saturated rings. The Bertz CT molecular complexity index is 1530. The molecular formula is C28H30ClN5O2. The lowest BCUT2D eigenvalue weighted by Gasteiger charge is -2.27. The molecule has 2 saturated carbocycles. The van der Waals surface area contributed by atoms with Crippen molar-refractivity contribution in [1.29, 1.82) is 0 Å². The zero-order valence-corrected chi connectivity index (χ0v) is 21.3. The number of amides is 1. The molecule has 0 spiro atoms. The fourth-order valence-electron chi connectivity index (χ4n) is 6.48. The molecule has 2 aromatic heterocycles. The Morgan fingerprint density at radius 1 is 1.17 bits per heavy atom. The van der Waals surface area contributed by atoms with Gasteiger partial charge in [0.05, 0.1) is 28.9 Å². The van der Waals surface area contributed by atoms with E-state index in [1.54, 1.807) is 7.11 Å². The molecule has 7 nitrogen and oxygen atoms in total. The van der Waals surface area contributed by atoms with Gasteiger partial charge >= 0.3 is 0 Å². The van der Waals surface area contributed by atoms with Gasteiger partial charge in [-0.1, -0.05) is 23.7 Å². The van der Waals surface area contributed by atoms with Crippen LogP contribution in [0.15, 0.2) is 36.4 Å². The molecule has 3 aliphatic rings. The van der Waals surface area contributed by atoms with Crippen LogP contribution in [0.25, 0.3) is 33.5 Å². The maximum absolute atomic E-state index is 13.6. The number of piperidine rings is 1. The summed E-state index contributed by atoms with van der Waals surface area (Å²) >= 11 is 6.67. The second-order valence-corrected chi connectivity index (χ2v) is 11.1. The number of fused-ring (bicyclic) bond motifs is 4. The number of hydrogen-bond acceptors (Lipinski definition) is 4. The van der Waals surface area contributed by atoms with Crippen LogP contribution < -0.4 is 10.5 Å². The van der Waals surface area contributed by atoms with Crippen LogP contribution in [-0.2, 0) is 13.6 Å². The molecule has 2 bridgehead atoms. The topological polar surface area (TPSA) is 78.3 Å². The van der Waals surface area contributed by atoms with Crippen LogP contribution in [0, 0.1) is 11.8 Å². The summed E-state index contributed by atoms with van der Waals surface area (Å²) in [5, 5.41) is 1.86. The highest BCUT2D eigenvalue weighted by atomic mass is 35.5. The summed E-state index contributed by atoms with van der Waals surface area (Å²) in [4.78, 5) is 20.6. The molecule has 0 radical (unpaired) electrons. The molecule has 3 heterocycles. The fraction of sp³-hybridized carbons (Fsp3) is 0.429. The van der Waals surface area contributed by atoms with Gasteiger partial charge in [-0.3, -0.25) is 4.79 Å². The Kier molecular flexibility index (Phi) is 4.92. The van der Waals surface area contributed by atoms with E-state index >= 15 is 0 Å². The number of nitrogens with two attached hydrogens (primary N) is 1. The number of benzene rings is 2. The number of halogens is 1. The van der Waals surface area contributed by atoms with E-state index in [-0.39, 0.29) is 18.0 Å². The molecule has 1 amide bonds. The van der Waals surface area contributed by atoms with Crippen LogP contribution in [0.5, 0.6) is 5.75 Å². The van der Waals surface area contributed by atoms with Crippen molar-refractivity contribution < 1.29 is 9.53 Å². The predicted molar refractivity (Wildman–Crippen MR) is 141 cm³/mol. The van der Waals surface area contributed by atoms with Crippen molar-refractivity contribution in [3.05, 3.63) is 47.0 Å². The van der Waals surface area contributed by atoms with Crippen molar-refractivity contribution in [2.75, 3.05) is 13.7 Å². The zero-order chi connectivity index (χ0) is 24.7. The lowest BCUT2D eigenvalue weighted by molar-refractivity contribution is 0.0700. The van der Waals surface area contributed by atoms with Crippen molar-refractivity contribution in [3.8, 4) is 17.3 Å². The minimum absolute atomic E-state index is 0.0136. The number of carbonyl (C=O) groups is 1. The molecule has 1 aliphatic heterocycles. The van der Waals surface area contributed by atoms with Crippen molar-refractivity contribution in [3.63, 3.8) is 0 Å². The Balaban J connectivity index is 1.36. The molecule has 8 heteroatoms. The average molecular weight is 504 g/mol. The first-order chi connectivity index (χ1) is 17.4. The number of nitrogens with zero attached hydrogens (tertiary/aromatic N) is 4. The third kappa shape index (κ3) is 3.22. The quantitative estimate of drug-likeness (QED) is 0.423. The van der Waals surface area contributed by atoms with Gasteiger partial charge in [0, 0.05) is 43.2 Å². The van der Waals surface area contributed by atoms with Crippen LogP contribution in [-0.4, -0.2) is 50.7 Å². The van der Waals surface area contributed by atoms with E-state index < -0.39 is 0 Å². The molecule has 3 atom stereocenters. The summed E-state index contributed by atoms with van der Waals surface area (Å²) in [6.45, 7) is 1.66. The summed E-state index contributed by atoms with van der Waals surface area (Å²) in [5.41, 5.74) is 10.7. The molecule has 1 saturated heterocycles. The standard InChI is InChI=1S/C28H30ClN5O2/c1-32-26-20(10-18(12-23(26)36-2)28(35)34-14-17-8-9-21(34)24(17)30)31-27(32)22-11-16-4-3-5-19(29)25(16)33(22)13-15-6-7-15/h3-5,10-12,15,17,21,24H,6-9,13-14,30H2,1-2H3/t17-,21-,24-/m1/s1. The number of rotatable bonds is 5. The van der Waals surface area contributed by atoms with E-state index in [1.165, 1.54) is 12.8 Å². The van der Waals surface area contributed by atoms with Crippen molar-refractivity contribution in [1.82, 2.24) is 19.0 Å². The lowest BCUT2D eigenvalue weighted by Crippen LogP contribution is -2.41. The first-order valence-corrected chi connectivity index (χ1v) is 13.2. The largest absolute Gasteiger partial charge is 0.494 e. The molecular weight excluding hydrogens is 474 g/mol. The van der Waals surface area contributed by atoms with Gasteiger partial charge in [0.2, 0.25) is 0 Å². The molecule has 2 N–H and O–H groups in total. The number of likely N-dealkylation sites (tertiary alicyclic amines) is 1. The summed E-state index contributed by atoms with van der Waals surface area (Å²) in [6.07, 6.45) is 4.58. The maximum Gasteiger partial charge on any atom is 0.254 e. The minimum Gasteiger partial charge on any atom is -0.494 e. The number of imidazole rings is 1. The second-order valence-electron chi connectivity index (χ2n) is 10.7. The summed E-state index contributed by atoms with van der Waals surface area (Å²) < 4.78 is 10.2. The highest BCUT2D eigenvalue weighted by Crippen LogP contribution is 2.41. The number of para-hydroxylation sites is 1. The predicted octanol–water partition coefficient (Wildman–Crippen LogP) is 4.83. The first-order valence-electron chi connectivity index (χ1n) is 12.8. The summed E-state index contributed by atoms with van der Waals surface area (Å²) in [7, 11) is 3.65. The highest BCUT2D eigenvalue weighted by molar-refractivity contribution is 6.35. The lowest BCUT2D eigenvalue weighted by atomic mass is 10.1. The number of methoxy groups -OCH3 is 1. The maximum atomic E-state index is 13.6. The number of aryl methyl sites for hydroxylation is 1. The smallest absolute Gasteiger partial charge is 0.254 e. The molecule has 2 aliphatic carbocycles. The monoisotopic (exact) mass is 503 g/mol. The number of aromatic nitrogens is 3. The fourth-order valence-corrected chi connectivity index (χ4v) is 6.76. The van der Waals surface area contributed by atoms with E-state index in [4.69, 9.17) is 27.1 Å². The third-order valence-electron chi connectivity index (χ3n) is 8.55.